The average Bonchev–Trinajstić information content (AvgIpc) is 1.98. The van der Waals surface area contributed by atoms with E-state index in [0.29, 0.717) is 5.92 Å². The summed E-state index contributed by atoms with van der Waals surface area (Å²) in [5, 5.41) is 3.81. The van der Waals surface area contributed by atoms with E-state index in [2.05, 4.69) is 12.1 Å². The van der Waals surface area contributed by atoms with Gasteiger partial charge in [0.1, 0.15) is 6.10 Å². The van der Waals surface area contributed by atoms with Crippen LogP contribution < -0.4 is 0 Å². The molecule has 0 saturated heterocycles. The normalized spacial score (nSPS) is 36.6. The fraction of sp³-hybridized carbons (Fsp3) is 0.833. The molecule has 0 aromatic rings. The van der Waals surface area contributed by atoms with Crippen molar-refractivity contribution in [3.8, 4) is 0 Å². The summed E-state index contributed by atoms with van der Waals surface area (Å²) in [6.45, 7) is 6.15. The second kappa shape index (κ2) is 1.77. The zero-order valence-electron chi connectivity index (χ0n) is 5.51. The molecule has 46 valence electrons. The average molecular weight is 113 g/mol. The van der Waals surface area contributed by atoms with Crippen LogP contribution in [0.5, 0.6) is 0 Å². The monoisotopic (exact) mass is 113 g/mol. The first-order valence-electron chi connectivity index (χ1n) is 2.92. The second-order valence-corrected chi connectivity index (χ2v) is 2.33. The van der Waals surface area contributed by atoms with Crippen molar-refractivity contribution >= 4 is 5.71 Å². The third kappa shape index (κ3) is 0.703. The Morgan fingerprint density at radius 3 is 2.25 bits per heavy atom. The van der Waals surface area contributed by atoms with Gasteiger partial charge in [-0.05, 0) is 13.8 Å². The molecule has 0 aromatic heterocycles. The fourth-order valence-corrected chi connectivity index (χ4v) is 0.680. The van der Waals surface area contributed by atoms with E-state index in [-0.39, 0.29) is 6.10 Å². The minimum Gasteiger partial charge on any atom is -0.392 e. The van der Waals surface area contributed by atoms with Crippen LogP contribution in [0.4, 0.5) is 0 Å². The summed E-state index contributed by atoms with van der Waals surface area (Å²) >= 11 is 0. The smallest absolute Gasteiger partial charge is 0.132 e. The van der Waals surface area contributed by atoms with Gasteiger partial charge in [-0.3, -0.25) is 0 Å². The Morgan fingerprint density at radius 1 is 1.50 bits per heavy atom. The highest BCUT2D eigenvalue weighted by Crippen LogP contribution is 2.15. The van der Waals surface area contributed by atoms with Gasteiger partial charge in [0.25, 0.3) is 0 Å². The Labute approximate surface area is 49.5 Å². The molecule has 0 aromatic carbocycles. The lowest BCUT2D eigenvalue weighted by molar-refractivity contribution is 0.0799. The maximum atomic E-state index is 4.97. The number of nitrogens with zero attached hydrogens (tertiary/aromatic N) is 1. The van der Waals surface area contributed by atoms with Crippen LogP contribution in [-0.2, 0) is 4.84 Å². The molecule has 2 atom stereocenters. The molecule has 0 unspecified atom stereocenters. The second-order valence-electron chi connectivity index (χ2n) is 2.33. The van der Waals surface area contributed by atoms with E-state index in [9.17, 15) is 0 Å². The lowest BCUT2D eigenvalue weighted by atomic mass is 10.0. The molecule has 1 rings (SSSR count). The molecule has 8 heavy (non-hydrogen) atoms. The first kappa shape index (κ1) is 5.60. The van der Waals surface area contributed by atoms with Crippen LogP contribution in [0, 0.1) is 5.92 Å². The van der Waals surface area contributed by atoms with Gasteiger partial charge in [-0.2, -0.15) is 0 Å². The van der Waals surface area contributed by atoms with E-state index in [1.165, 1.54) is 0 Å². The molecule has 2 heteroatoms. The number of hydrogen-bond acceptors (Lipinski definition) is 2. The topological polar surface area (TPSA) is 21.6 Å². The Kier molecular flexibility index (Phi) is 1.24. The largest absolute Gasteiger partial charge is 0.392 e. The number of hydrogen-bond donors (Lipinski definition) is 0. The lowest BCUT2D eigenvalue weighted by Gasteiger charge is -2.04. The number of oxime groups is 1. The molecule has 0 bridgehead atoms. The van der Waals surface area contributed by atoms with Crippen molar-refractivity contribution in [1.29, 1.82) is 0 Å². The van der Waals surface area contributed by atoms with E-state index in [0.717, 1.165) is 5.71 Å². The molecule has 1 aliphatic rings. The standard InChI is InChI=1S/C6H11NO/c1-4-5(2)7-8-6(4)3/h4,6H,1-3H3/t4-,6+/m0/s1. The van der Waals surface area contributed by atoms with Gasteiger partial charge >= 0.3 is 0 Å². The highest BCUT2D eigenvalue weighted by Gasteiger charge is 2.22. The van der Waals surface area contributed by atoms with Gasteiger partial charge in [0, 0.05) is 5.92 Å². The summed E-state index contributed by atoms with van der Waals surface area (Å²) in [5.74, 6) is 0.509. The van der Waals surface area contributed by atoms with Crippen molar-refractivity contribution in [2.45, 2.75) is 26.9 Å². The number of rotatable bonds is 0. The van der Waals surface area contributed by atoms with Gasteiger partial charge in [0.05, 0.1) is 5.71 Å². The molecule has 0 saturated carbocycles. The molecule has 1 heterocycles. The van der Waals surface area contributed by atoms with Crippen LogP contribution in [0.25, 0.3) is 0 Å². The molecular weight excluding hydrogens is 102 g/mol. The molecule has 0 spiro atoms. The summed E-state index contributed by atoms with van der Waals surface area (Å²) in [7, 11) is 0. The van der Waals surface area contributed by atoms with E-state index in [1.807, 2.05) is 13.8 Å². The molecule has 2 nitrogen and oxygen atoms in total. The lowest BCUT2D eigenvalue weighted by Crippen LogP contribution is -2.13. The summed E-state index contributed by atoms with van der Waals surface area (Å²) in [4.78, 5) is 4.97. The van der Waals surface area contributed by atoms with Crippen LogP contribution in [0.15, 0.2) is 5.16 Å². The van der Waals surface area contributed by atoms with E-state index < -0.39 is 0 Å². The highest BCUT2D eigenvalue weighted by atomic mass is 16.6. The summed E-state index contributed by atoms with van der Waals surface area (Å²) in [6, 6.07) is 0. The predicted molar refractivity (Wildman–Crippen MR) is 32.8 cm³/mol. The molecule has 1 aliphatic heterocycles. The van der Waals surface area contributed by atoms with Gasteiger partial charge in [0.15, 0.2) is 0 Å². The summed E-state index contributed by atoms with van der Waals surface area (Å²) in [5.41, 5.74) is 1.11. The van der Waals surface area contributed by atoms with Gasteiger partial charge in [-0.15, -0.1) is 0 Å². The third-order valence-corrected chi connectivity index (χ3v) is 1.73. The van der Waals surface area contributed by atoms with Crippen LogP contribution in [0.2, 0.25) is 0 Å². The predicted octanol–water partition coefficient (Wildman–Crippen LogP) is 1.42. The summed E-state index contributed by atoms with van der Waals surface area (Å²) < 4.78 is 0. The Morgan fingerprint density at radius 2 is 2.12 bits per heavy atom. The Hall–Kier alpha value is -0.530. The Balaban J connectivity index is 2.59. The Bertz CT molecular complexity index is 120. The zero-order valence-corrected chi connectivity index (χ0v) is 5.51. The minimum absolute atomic E-state index is 0.287. The van der Waals surface area contributed by atoms with Crippen molar-refractivity contribution < 1.29 is 4.84 Å². The molecule has 0 N–H and O–H groups in total. The molecule has 0 radical (unpaired) electrons. The van der Waals surface area contributed by atoms with E-state index in [4.69, 9.17) is 4.84 Å². The zero-order chi connectivity index (χ0) is 6.15. The fourth-order valence-electron chi connectivity index (χ4n) is 0.680. The van der Waals surface area contributed by atoms with Crippen LogP contribution in [0.3, 0.4) is 0 Å². The van der Waals surface area contributed by atoms with Gasteiger partial charge in [-0.1, -0.05) is 12.1 Å². The van der Waals surface area contributed by atoms with Gasteiger partial charge in [0.2, 0.25) is 0 Å². The molecular formula is C6H11NO. The van der Waals surface area contributed by atoms with Gasteiger partial charge < -0.3 is 4.84 Å². The van der Waals surface area contributed by atoms with Crippen molar-refractivity contribution in [3.05, 3.63) is 0 Å². The first-order valence-corrected chi connectivity index (χ1v) is 2.92. The van der Waals surface area contributed by atoms with E-state index in [1.54, 1.807) is 0 Å². The molecule has 0 fully saturated rings. The van der Waals surface area contributed by atoms with Crippen molar-refractivity contribution in [2.24, 2.45) is 11.1 Å². The van der Waals surface area contributed by atoms with Crippen molar-refractivity contribution in [2.75, 3.05) is 0 Å². The van der Waals surface area contributed by atoms with Crippen LogP contribution >= 0.6 is 0 Å². The summed E-state index contributed by atoms with van der Waals surface area (Å²) in [6.07, 6.45) is 0.287. The third-order valence-electron chi connectivity index (χ3n) is 1.73. The maximum Gasteiger partial charge on any atom is 0.132 e. The molecule has 0 aliphatic carbocycles. The van der Waals surface area contributed by atoms with Gasteiger partial charge in [-0.25, -0.2) is 0 Å². The van der Waals surface area contributed by atoms with Crippen LogP contribution in [0.1, 0.15) is 20.8 Å². The van der Waals surface area contributed by atoms with Crippen LogP contribution in [-0.4, -0.2) is 11.8 Å². The highest BCUT2D eigenvalue weighted by molar-refractivity contribution is 5.84. The molecule has 0 amide bonds. The van der Waals surface area contributed by atoms with E-state index >= 15 is 0 Å². The SMILES string of the molecule is CC1=NO[C@H](C)[C@H]1C. The maximum absolute atomic E-state index is 4.97. The quantitative estimate of drug-likeness (QED) is 0.465. The first-order chi connectivity index (χ1) is 3.72. The minimum atomic E-state index is 0.287. The van der Waals surface area contributed by atoms with Crippen molar-refractivity contribution in [1.82, 2.24) is 0 Å². The van der Waals surface area contributed by atoms with Crippen molar-refractivity contribution in [3.63, 3.8) is 0 Å².